The maximum atomic E-state index is 8.07. The van der Waals surface area contributed by atoms with Gasteiger partial charge >= 0.3 is 0 Å². The van der Waals surface area contributed by atoms with Crippen LogP contribution in [0.2, 0.25) is 0 Å². The summed E-state index contributed by atoms with van der Waals surface area (Å²) in [7, 11) is 0. The summed E-state index contributed by atoms with van der Waals surface area (Å²) in [6.07, 6.45) is 0.575. The van der Waals surface area contributed by atoms with Gasteiger partial charge in [-0.25, -0.2) is 0 Å². The second kappa shape index (κ2) is 4.61. The minimum absolute atomic E-state index is 0.317. The maximum absolute atomic E-state index is 8.07. The van der Waals surface area contributed by atoms with E-state index in [2.05, 4.69) is 31.9 Å². The molecule has 0 bridgehead atoms. The van der Waals surface area contributed by atoms with Crippen molar-refractivity contribution >= 4 is 31.9 Å². The Kier molecular flexibility index (Phi) is 4.90. The topological polar surface area (TPSA) is 23.8 Å². The highest BCUT2D eigenvalue weighted by atomic mass is 79.9. The minimum Gasteiger partial charge on any atom is -0.198 e. The highest BCUT2D eigenvalue weighted by molar-refractivity contribution is 9.12. The molecule has 0 amide bonds. The van der Waals surface area contributed by atoms with Crippen molar-refractivity contribution < 1.29 is 0 Å². The molecule has 0 aromatic heterocycles. The molecule has 0 spiro atoms. The van der Waals surface area contributed by atoms with Gasteiger partial charge in [-0.3, -0.25) is 0 Å². The fourth-order valence-electron chi connectivity index (χ4n) is 0.154. The van der Waals surface area contributed by atoms with Crippen LogP contribution in [-0.4, -0.2) is 10.2 Å². The second-order valence-corrected chi connectivity index (χ2v) is 3.06. The quantitative estimate of drug-likeness (QED) is 0.662. The molecule has 0 fully saturated rings. The van der Waals surface area contributed by atoms with E-state index < -0.39 is 0 Å². The maximum Gasteiger partial charge on any atom is 0.0633 e. The second-order valence-electron chi connectivity index (χ2n) is 1.11. The Morgan fingerprint density at radius 1 is 1.71 bits per heavy atom. The van der Waals surface area contributed by atoms with Gasteiger partial charge in [0, 0.05) is 16.6 Å². The lowest BCUT2D eigenvalue weighted by Gasteiger charge is -1.93. The minimum atomic E-state index is 0.317. The van der Waals surface area contributed by atoms with Crippen LogP contribution in [0.1, 0.15) is 6.42 Å². The van der Waals surface area contributed by atoms with Gasteiger partial charge in [0.15, 0.2) is 0 Å². The molecule has 3 heteroatoms. The molecule has 0 aromatic rings. The Bertz CT molecular complexity index is 76.2. The zero-order valence-corrected chi connectivity index (χ0v) is 6.87. The third-order valence-corrected chi connectivity index (χ3v) is 2.78. The largest absolute Gasteiger partial charge is 0.198 e. The molecule has 0 heterocycles. The zero-order valence-electron chi connectivity index (χ0n) is 3.69. The van der Waals surface area contributed by atoms with Gasteiger partial charge in [-0.15, -0.1) is 0 Å². The van der Waals surface area contributed by atoms with Crippen LogP contribution in [-0.2, 0) is 0 Å². The van der Waals surface area contributed by atoms with Crippen molar-refractivity contribution in [3.05, 3.63) is 0 Å². The summed E-state index contributed by atoms with van der Waals surface area (Å²) in [6.45, 7) is 0. The third kappa shape index (κ3) is 4.30. The predicted molar refractivity (Wildman–Crippen MR) is 36.7 cm³/mol. The molecule has 0 aliphatic carbocycles. The molecule has 0 saturated heterocycles. The molecule has 0 saturated carbocycles. The number of nitrogens with zero attached hydrogens (tertiary/aromatic N) is 1. The molecular formula is C4H5Br2N. The molecule has 0 aromatic carbocycles. The van der Waals surface area contributed by atoms with Gasteiger partial charge in [0.2, 0.25) is 0 Å². The van der Waals surface area contributed by atoms with Crippen molar-refractivity contribution in [2.24, 2.45) is 0 Å². The first-order valence-corrected chi connectivity index (χ1v) is 3.92. The predicted octanol–water partition coefficient (Wildman–Crippen LogP) is 2.06. The van der Waals surface area contributed by atoms with Crippen LogP contribution in [0.15, 0.2) is 0 Å². The molecule has 0 N–H and O–H groups in total. The number of rotatable bonds is 2. The number of nitriles is 1. The van der Waals surface area contributed by atoms with E-state index in [1.807, 2.05) is 6.07 Å². The molecule has 40 valence electrons. The first kappa shape index (κ1) is 7.45. The first-order chi connectivity index (χ1) is 3.31. The summed E-state index contributed by atoms with van der Waals surface area (Å²) >= 11 is 6.49. The summed E-state index contributed by atoms with van der Waals surface area (Å²) in [4.78, 5) is 0.317. The van der Waals surface area contributed by atoms with Crippen LogP contribution in [0.3, 0.4) is 0 Å². The van der Waals surface area contributed by atoms with Crippen molar-refractivity contribution in [2.45, 2.75) is 11.2 Å². The van der Waals surface area contributed by atoms with Gasteiger partial charge in [-0.05, 0) is 0 Å². The fourth-order valence-corrected chi connectivity index (χ4v) is 0.527. The van der Waals surface area contributed by atoms with Gasteiger partial charge < -0.3 is 0 Å². The molecule has 1 nitrogen and oxygen atoms in total. The number of hydrogen-bond acceptors (Lipinski definition) is 1. The van der Waals surface area contributed by atoms with Gasteiger partial charge in [0.25, 0.3) is 0 Å². The summed E-state index contributed by atoms with van der Waals surface area (Å²) in [5, 5.41) is 8.91. The van der Waals surface area contributed by atoms with Gasteiger partial charge in [-0.1, -0.05) is 31.9 Å². The van der Waals surface area contributed by atoms with Crippen LogP contribution in [0.5, 0.6) is 0 Å². The Morgan fingerprint density at radius 3 is 2.43 bits per heavy atom. The van der Waals surface area contributed by atoms with Crippen molar-refractivity contribution in [3.63, 3.8) is 0 Å². The Hall–Kier alpha value is 0.450. The van der Waals surface area contributed by atoms with Gasteiger partial charge in [0.05, 0.1) is 6.07 Å². The molecule has 0 rings (SSSR count). The van der Waals surface area contributed by atoms with Crippen LogP contribution in [0.25, 0.3) is 0 Å². The normalized spacial score (nSPS) is 12.7. The van der Waals surface area contributed by atoms with E-state index in [0.717, 1.165) is 5.33 Å². The van der Waals surface area contributed by atoms with Crippen LogP contribution in [0.4, 0.5) is 0 Å². The van der Waals surface area contributed by atoms with Crippen LogP contribution >= 0.6 is 31.9 Å². The number of hydrogen-bond donors (Lipinski definition) is 0. The first-order valence-electron chi connectivity index (χ1n) is 1.88. The average Bonchev–Trinajstić information content (AvgIpc) is 1.68. The zero-order chi connectivity index (χ0) is 5.70. The lowest BCUT2D eigenvalue weighted by Crippen LogP contribution is -1.94. The van der Waals surface area contributed by atoms with Crippen LogP contribution < -0.4 is 0 Å². The number of alkyl halides is 2. The Morgan fingerprint density at radius 2 is 2.29 bits per heavy atom. The van der Waals surface area contributed by atoms with E-state index in [1.165, 1.54) is 0 Å². The smallest absolute Gasteiger partial charge is 0.0633 e. The van der Waals surface area contributed by atoms with Crippen molar-refractivity contribution in [3.8, 4) is 6.07 Å². The van der Waals surface area contributed by atoms with E-state index in [9.17, 15) is 0 Å². The molecule has 0 aliphatic heterocycles. The molecular weight excluding hydrogens is 222 g/mol. The van der Waals surface area contributed by atoms with E-state index in [4.69, 9.17) is 5.26 Å². The molecule has 7 heavy (non-hydrogen) atoms. The van der Waals surface area contributed by atoms with Gasteiger partial charge in [-0.2, -0.15) is 5.26 Å². The van der Waals surface area contributed by atoms with Crippen molar-refractivity contribution in [1.82, 2.24) is 0 Å². The standard InChI is InChI=1S/C4H5Br2N/c5-3-4(6)1-2-7/h4H,1,3H2/t4-/m1/s1. The van der Waals surface area contributed by atoms with Gasteiger partial charge in [0.1, 0.15) is 0 Å². The van der Waals surface area contributed by atoms with E-state index >= 15 is 0 Å². The van der Waals surface area contributed by atoms with E-state index in [-0.39, 0.29) is 0 Å². The molecule has 0 aliphatic rings. The number of halogens is 2. The van der Waals surface area contributed by atoms with Crippen molar-refractivity contribution in [2.75, 3.05) is 5.33 Å². The highest BCUT2D eigenvalue weighted by Gasteiger charge is 1.96. The summed E-state index contributed by atoms with van der Waals surface area (Å²) < 4.78 is 0. The van der Waals surface area contributed by atoms with Crippen LogP contribution in [0, 0.1) is 11.3 Å². The Balaban J connectivity index is 3.03. The summed E-state index contributed by atoms with van der Waals surface area (Å²) in [6, 6.07) is 2.04. The molecule has 0 radical (unpaired) electrons. The van der Waals surface area contributed by atoms with Crippen molar-refractivity contribution in [1.29, 1.82) is 5.26 Å². The SMILES string of the molecule is N#CC[C@@H](Br)CBr. The molecule has 1 atom stereocenters. The fraction of sp³-hybridized carbons (Fsp3) is 0.750. The van der Waals surface area contributed by atoms with E-state index in [1.54, 1.807) is 0 Å². The lowest BCUT2D eigenvalue weighted by atomic mass is 10.4. The summed E-state index contributed by atoms with van der Waals surface area (Å²) in [5.41, 5.74) is 0. The third-order valence-electron chi connectivity index (χ3n) is 0.480. The highest BCUT2D eigenvalue weighted by Crippen LogP contribution is 2.05. The van der Waals surface area contributed by atoms with E-state index in [0.29, 0.717) is 11.2 Å². The average molecular weight is 227 g/mol. The lowest BCUT2D eigenvalue weighted by molar-refractivity contribution is 1.03. The molecule has 0 unspecified atom stereocenters. The Labute approximate surface area is 60.0 Å². The monoisotopic (exact) mass is 225 g/mol. The summed E-state index contributed by atoms with van der Waals surface area (Å²) in [5.74, 6) is 0.